The first kappa shape index (κ1) is 23.6. The van der Waals surface area contributed by atoms with Gasteiger partial charge < -0.3 is 5.11 Å². The third kappa shape index (κ3) is 22.6. The first-order chi connectivity index (χ1) is 12.3. The predicted molar refractivity (Wildman–Crippen MR) is 86.8 cm³/mol. The van der Waals surface area contributed by atoms with Gasteiger partial charge in [-0.3, -0.25) is 0 Å². The summed E-state index contributed by atoms with van der Waals surface area (Å²) in [5.74, 6) is 2.67. The summed E-state index contributed by atoms with van der Waals surface area (Å²) in [5.41, 5.74) is 1.39. The lowest BCUT2D eigenvalue weighted by Crippen LogP contribution is -2.21. The molecule has 0 saturated heterocycles. The van der Waals surface area contributed by atoms with E-state index < -0.39 is 6.09 Å². The van der Waals surface area contributed by atoms with Crippen LogP contribution in [0.2, 0.25) is 0 Å². The smallest absolute Gasteiger partial charge is 0.431 e. The molecule has 0 fully saturated rings. The lowest BCUT2D eigenvalue weighted by Gasteiger charge is -2.03. The molecule has 0 aliphatic rings. The van der Waals surface area contributed by atoms with E-state index in [1.54, 1.807) is 0 Å². The molecule has 9 heteroatoms. The van der Waals surface area contributed by atoms with Crippen LogP contribution in [-0.4, -0.2) is 17.8 Å². The molecule has 0 saturated carbocycles. The molecule has 0 aliphatic heterocycles. The van der Waals surface area contributed by atoms with Gasteiger partial charge >= 0.3 is 6.09 Å². The minimum Gasteiger partial charge on any atom is -0.463 e. The standard InChI is InChI=1S/C16H29NO8/c1-2-3-4-5-6-7-8-9-10-11-12-13-14-15-20-22-24-25-23-21-17-16(18)19/h1,17H,3-15H2,(H,18,19). The monoisotopic (exact) mass is 363 g/mol. The van der Waals surface area contributed by atoms with Gasteiger partial charge in [0.05, 0.1) is 6.61 Å². The summed E-state index contributed by atoms with van der Waals surface area (Å²) in [7, 11) is 0. The first-order valence-electron chi connectivity index (χ1n) is 8.65. The van der Waals surface area contributed by atoms with Crippen LogP contribution in [0.3, 0.4) is 0 Å². The van der Waals surface area contributed by atoms with Crippen LogP contribution in [0.4, 0.5) is 4.79 Å². The summed E-state index contributed by atoms with van der Waals surface area (Å²) in [6, 6.07) is 0. The van der Waals surface area contributed by atoms with Gasteiger partial charge in [-0.15, -0.1) is 12.3 Å². The van der Waals surface area contributed by atoms with Crippen molar-refractivity contribution in [3.05, 3.63) is 0 Å². The van der Waals surface area contributed by atoms with E-state index in [0.29, 0.717) is 6.61 Å². The molecule has 0 atom stereocenters. The van der Waals surface area contributed by atoms with Gasteiger partial charge in [-0.05, 0) is 33.0 Å². The fraction of sp³-hybridized carbons (Fsp3) is 0.812. The highest BCUT2D eigenvalue weighted by Gasteiger charge is 1.97. The van der Waals surface area contributed by atoms with Gasteiger partial charge in [-0.1, -0.05) is 62.8 Å². The highest BCUT2D eigenvalue weighted by Crippen LogP contribution is 2.11. The molecule has 0 aliphatic carbocycles. The minimum absolute atomic E-state index is 0.343. The van der Waals surface area contributed by atoms with Gasteiger partial charge in [0.15, 0.2) is 0 Å². The number of rotatable bonds is 19. The van der Waals surface area contributed by atoms with Crippen LogP contribution < -0.4 is 5.48 Å². The lowest BCUT2D eigenvalue weighted by atomic mass is 10.1. The molecule has 0 unspecified atom stereocenters. The molecule has 0 heterocycles. The van der Waals surface area contributed by atoms with Crippen molar-refractivity contribution >= 4 is 6.09 Å². The Balaban J connectivity index is 2.98. The first-order valence-corrected chi connectivity index (χ1v) is 8.65. The number of terminal acetylenes is 1. The molecular formula is C16H29NO8. The summed E-state index contributed by atoms with van der Waals surface area (Å²) < 4.78 is 0. The fourth-order valence-corrected chi connectivity index (χ4v) is 2.12. The fourth-order valence-electron chi connectivity index (χ4n) is 2.12. The van der Waals surface area contributed by atoms with Crippen molar-refractivity contribution in [2.24, 2.45) is 0 Å². The van der Waals surface area contributed by atoms with Gasteiger partial charge in [-0.2, -0.15) is 5.48 Å². The van der Waals surface area contributed by atoms with Crippen LogP contribution in [0.25, 0.3) is 0 Å². The van der Waals surface area contributed by atoms with Crippen molar-refractivity contribution in [2.45, 2.75) is 77.0 Å². The van der Waals surface area contributed by atoms with Gasteiger partial charge in [0.1, 0.15) is 0 Å². The molecule has 0 bridgehead atoms. The van der Waals surface area contributed by atoms with E-state index in [-0.39, 0.29) is 0 Å². The molecule has 25 heavy (non-hydrogen) atoms. The van der Waals surface area contributed by atoms with E-state index in [9.17, 15) is 4.79 Å². The van der Waals surface area contributed by atoms with Gasteiger partial charge in [0.25, 0.3) is 0 Å². The summed E-state index contributed by atoms with van der Waals surface area (Å²) >= 11 is 0. The normalized spacial score (nSPS) is 10.5. The highest BCUT2D eigenvalue weighted by atomic mass is 17.8. The molecule has 0 aromatic carbocycles. The SMILES string of the molecule is C#CCCCCCCCCCCCCCOOOOOONC(=O)O. The Kier molecular flexibility index (Phi) is 19.5. The molecule has 0 aromatic rings. The molecule has 2 N–H and O–H groups in total. The van der Waals surface area contributed by atoms with Crippen LogP contribution >= 0.6 is 0 Å². The highest BCUT2D eigenvalue weighted by molar-refractivity contribution is 5.62. The number of hydrogen-bond acceptors (Lipinski definition) is 7. The second kappa shape index (κ2) is 20.6. The van der Waals surface area contributed by atoms with Crippen LogP contribution in [-0.2, 0) is 30.0 Å². The van der Waals surface area contributed by atoms with E-state index in [0.717, 1.165) is 32.1 Å². The summed E-state index contributed by atoms with van der Waals surface area (Å²) in [6.07, 6.45) is 17.8. The number of unbranched alkanes of at least 4 members (excludes halogenated alkanes) is 11. The lowest BCUT2D eigenvalue weighted by molar-refractivity contribution is -0.760. The van der Waals surface area contributed by atoms with Gasteiger partial charge in [0, 0.05) is 6.42 Å². The van der Waals surface area contributed by atoms with E-state index in [1.807, 2.05) is 0 Å². The largest absolute Gasteiger partial charge is 0.463 e. The van der Waals surface area contributed by atoms with E-state index >= 15 is 0 Å². The van der Waals surface area contributed by atoms with Crippen molar-refractivity contribution in [1.29, 1.82) is 0 Å². The maximum Gasteiger partial charge on any atom is 0.431 e. The van der Waals surface area contributed by atoms with Gasteiger partial charge in [0.2, 0.25) is 0 Å². The van der Waals surface area contributed by atoms with Crippen LogP contribution in [0.5, 0.6) is 0 Å². The number of nitrogens with one attached hydrogen (secondary N) is 1. The summed E-state index contributed by atoms with van der Waals surface area (Å²) in [5, 5.41) is 23.7. The Morgan fingerprint density at radius 3 is 1.88 bits per heavy atom. The molecule has 0 radical (unpaired) electrons. The Bertz CT molecular complexity index is 335. The molecule has 0 aromatic heterocycles. The number of hydroxylamine groups is 1. The number of amides is 1. The minimum atomic E-state index is -1.46. The average molecular weight is 363 g/mol. The molecule has 1 amide bonds. The van der Waals surface area contributed by atoms with Crippen molar-refractivity contribution in [1.82, 2.24) is 5.48 Å². The van der Waals surface area contributed by atoms with Crippen LogP contribution in [0.1, 0.15) is 77.0 Å². The van der Waals surface area contributed by atoms with Crippen molar-refractivity contribution in [3.8, 4) is 12.3 Å². The average Bonchev–Trinajstić information content (AvgIpc) is 2.60. The topological polar surface area (TPSA) is 105 Å². The molecule has 0 spiro atoms. The third-order valence-corrected chi connectivity index (χ3v) is 3.34. The summed E-state index contributed by atoms with van der Waals surface area (Å²) in [6.45, 7) is 0.343. The Morgan fingerprint density at radius 2 is 1.32 bits per heavy atom. The predicted octanol–water partition coefficient (Wildman–Crippen LogP) is 4.16. The van der Waals surface area contributed by atoms with Crippen molar-refractivity contribution < 1.29 is 39.9 Å². The maximum atomic E-state index is 9.92. The zero-order valence-electron chi connectivity index (χ0n) is 14.6. The van der Waals surface area contributed by atoms with Gasteiger partial charge in [-0.25, -0.2) is 9.68 Å². The van der Waals surface area contributed by atoms with Crippen molar-refractivity contribution in [3.63, 3.8) is 0 Å². The Labute approximate surface area is 148 Å². The summed E-state index contributed by atoms with van der Waals surface area (Å²) in [4.78, 5) is 18.3. The van der Waals surface area contributed by atoms with Crippen molar-refractivity contribution in [2.75, 3.05) is 6.61 Å². The quantitative estimate of drug-likeness (QED) is 0.153. The third-order valence-electron chi connectivity index (χ3n) is 3.34. The molecular weight excluding hydrogens is 334 g/mol. The Hall–Kier alpha value is -1.41. The zero-order chi connectivity index (χ0) is 18.4. The van der Waals surface area contributed by atoms with E-state index in [2.05, 4.69) is 35.9 Å². The van der Waals surface area contributed by atoms with Crippen LogP contribution in [0, 0.1) is 12.3 Å². The molecule has 0 rings (SSSR count). The van der Waals surface area contributed by atoms with Crippen LogP contribution in [0.15, 0.2) is 0 Å². The Morgan fingerprint density at radius 1 is 0.800 bits per heavy atom. The molecule has 9 nitrogen and oxygen atoms in total. The zero-order valence-corrected chi connectivity index (χ0v) is 14.6. The second-order valence-corrected chi connectivity index (χ2v) is 5.43. The maximum absolute atomic E-state index is 9.92. The van der Waals surface area contributed by atoms with E-state index in [1.165, 1.54) is 50.4 Å². The van der Waals surface area contributed by atoms with E-state index in [4.69, 9.17) is 11.5 Å². The molecule has 146 valence electrons. The second-order valence-electron chi connectivity index (χ2n) is 5.43. The number of carbonyl (C=O) groups is 1. The number of hydrogen-bond donors (Lipinski definition) is 2. The number of carboxylic acid groups (broad SMARTS) is 1.